The zero-order valence-electron chi connectivity index (χ0n) is 16.1. The van der Waals surface area contributed by atoms with Crippen LogP contribution in [0.25, 0.3) is 16.6 Å². The summed E-state index contributed by atoms with van der Waals surface area (Å²) in [6.07, 6.45) is 1.85. The second kappa shape index (κ2) is 7.12. The maximum atomic E-state index is 13.3. The lowest BCUT2D eigenvalue weighted by Crippen LogP contribution is -2.40. The van der Waals surface area contributed by atoms with Crippen molar-refractivity contribution in [3.8, 4) is 5.69 Å². The maximum absolute atomic E-state index is 13.3. The Kier molecular flexibility index (Phi) is 4.31. The third-order valence-corrected chi connectivity index (χ3v) is 5.53. The fraction of sp³-hybridized carbons (Fsp3) is 0.286. The molecule has 1 fully saturated rings. The lowest BCUT2D eigenvalue weighted by Gasteiger charge is -2.31. The lowest BCUT2D eigenvalue weighted by molar-refractivity contribution is 0.0699. The number of amides is 1. The summed E-state index contributed by atoms with van der Waals surface area (Å²) in [5.74, 6) is 0.836. The first kappa shape index (κ1) is 17.5. The van der Waals surface area contributed by atoms with Gasteiger partial charge in [0, 0.05) is 31.4 Å². The van der Waals surface area contributed by atoms with Crippen LogP contribution in [0, 0.1) is 0 Å². The smallest absolute Gasteiger partial charge is 0.275 e. The van der Waals surface area contributed by atoms with E-state index in [1.807, 2.05) is 66.5 Å². The summed E-state index contributed by atoms with van der Waals surface area (Å²) >= 11 is 0. The third-order valence-electron chi connectivity index (χ3n) is 5.53. The van der Waals surface area contributed by atoms with E-state index in [2.05, 4.69) is 20.6 Å². The number of piperidine rings is 1. The number of aryl methyl sites for hydroxylation is 1. The largest absolute Gasteiger partial charge is 0.337 e. The van der Waals surface area contributed by atoms with Crippen LogP contribution in [0.15, 0.2) is 54.6 Å². The van der Waals surface area contributed by atoms with Crippen molar-refractivity contribution in [2.75, 3.05) is 13.1 Å². The van der Waals surface area contributed by atoms with E-state index in [0.717, 1.165) is 35.3 Å². The van der Waals surface area contributed by atoms with E-state index >= 15 is 0 Å². The Hall–Kier alpha value is -3.55. The summed E-state index contributed by atoms with van der Waals surface area (Å²) in [6, 6.07) is 17.7. The highest BCUT2D eigenvalue weighted by Gasteiger charge is 2.31. The molecule has 0 saturated carbocycles. The Labute approximate surface area is 167 Å². The molecule has 8 heteroatoms. The number of benzene rings is 2. The fourth-order valence-corrected chi connectivity index (χ4v) is 4.10. The summed E-state index contributed by atoms with van der Waals surface area (Å²) in [5.41, 5.74) is 2.38. The van der Waals surface area contributed by atoms with Crippen molar-refractivity contribution in [1.82, 2.24) is 34.9 Å². The van der Waals surface area contributed by atoms with Crippen molar-refractivity contribution in [2.45, 2.75) is 18.8 Å². The van der Waals surface area contributed by atoms with Gasteiger partial charge < -0.3 is 4.90 Å². The van der Waals surface area contributed by atoms with Crippen molar-refractivity contribution >= 4 is 16.8 Å². The van der Waals surface area contributed by atoms with Gasteiger partial charge in [-0.25, -0.2) is 0 Å². The number of aromatic nitrogens is 6. The topological polar surface area (TPSA) is 81.7 Å². The molecule has 1 unspecified atom stereocenters. The number of para-hydroxylation sites is 2. The van der Waals surface area contributed by atoms with Crippen LogP contribution in [0.5, 0.6) is 0 Å². The van der Waals surface area contributed by atoms with E-state index in [1.165, 1.54) is 0 Å². The van der Waals surface area contributed by atoms with Crippen LogP contribution in [0.3, 0.4) is 0 Å². The second-order valence-corrected chi connectivity index (χ2v) is 7.36. The number of rotatable bonds is 3. The monoisotopic (exact) mass is 387 g/mol. The summed E-state index contributed by atoms with van der Waals surface area (Å²) < 4.78 is 3.54. The molecule has 0 spiro atoms. The van der Waals surface area contributed by atoms with Gasteiger partial charge >= 0.3 is 0 Å². The van der Waals surface area contributed by atoms with Crippen LogP contribution in [-0.4, -0.2) is 53.9 Å². The van der Waals surface area contributed by atoms with Crippen LogP contribution in [0.4, 0.5) is 0 Å². The molecule has 3 heterocycles. The van der Waals surface area contributed by atoms with Crippen molar-refractivity contribution in [2.24, 2.45) is 7.05 Å². The maximum Gasteiger partial charge on any atom is 0.275 e. The van der Waals surface area contributed by atoms with E-state index in [9.17, 15) is 4.79 Å². The SMILES string of the molecule is Cn1nc(C(=O)N2CCCC(c3nnnn3-c3ccccc3)C2)c2ccccc21. The molecule has 29 heavy (non-hydrogen) atoms. The minimum absolute atomic E-state index is 0.0368. The molecule has 0 bridgehead atoms. The van der Waals surface area contributed by atoms with Crippen molar-refractivity contribution < 1.29 is 4.79 Å². The lowest BCUT2D eigenvalue weighted by atomic mass is 9.96. The molecule has 1 aliphatic rings. The molecule has 8 nitrogen and oxygen atoms in total. The third kappa shape index (κ3) is 3.06. The van der Waals surface area contributed by atoms with Crippen molar-refractivity contribution in [3.05, 3.63) is 66.1 Å². The molecular weight excluding hydrogens is 366 g/mol. The Morgan fingerprint density at radius 1 is 1.07 bits per heavy atom. The summed E-state index contributed by atoms with van der Waals surface area (Å²) in [6.45, 7) is 1.30. The zero-order valence-corrected chi connectivity index (χ0v) is 16.1. The average Bonchev–Trinajstić information content (AvgIpc) is 3.39. The number of tetrazole rings is 1. The molecule has 2 aromatic carbocycles. The Bertz CT molecular complexity index is 1160. The number of hydrogen-bond acceptors (Lipinski definition) is 5. The van der Waals surface area contributed by atoms with Gasteiger partial charge in [-0.15, -0.1) is 5.10 Å². The molecule has 4 aromatic rings. The standard InChI is InChI=1S/C21H21N7O/c1-26-18-12-6-5-11-17(18)19(23-26)21(29)27-13-7-8-15(14-27)20-22-24-25-28(20)16-9-3-2-4-10-16/h2-6,9-12,15H,7-8,13-14H2,1H3. The van der Waals surface area contributed by atoms with Gasteiger partial charge in [0.25, 0.3) is 5.91 Å². The molecule has 146 valence electrons. The first-order valence-corrected chi connectivity index (χ1v) is 9.77. The zero-order chi connectivity index (χ0) is 19.8. The molecular formula is C21H21N7O. The van der Waals surface area contributed by atoms with Gasteiger partial charge in [0.15, 0.2) is 11.5 Å². The summed E-state index contributed by atoms with van der Waals surface area (Å²) in [5, 5.41) is 17.7. The van der Waals surface area contributed by atoms with Crippen LogP contribution in [0.1, 0.15) is 35.1 Å². The number of likely N-dealkylation sites (tertiary alicyclic amines) is 1. The number of nitrogens with zero attached hydrogens (tertiary/aromatic N) is 7. The quantitative estimate of drug-likeness (QED) is 0.540. The number of carbonyl (C=O) groups excluding carboxylic acids is 1. The number of fused-ring (bicyclic) bond motifs is 1. The second-order valence-electron chi connectivity index (χ2n) is 7.36. The Morgan fingerprint density at radius 3 is 2.72 bits per heavy atom. The highest BCUT2D eigenvalue weighted by Crippen LogP contribution is 2.28. The van der Waals surface area contributed by atoms with Crippen LogP contribution >= 0.6 is 0 Å². The van der Waals surface area contributed by atoms with Crippen molar-refractivity contribution in [1.29, 1.82) is 0 Å². The predicted molar refractivity (Wildman–Crippen MR) is 108 cm³/mol. The molecule has 5 rings (SSSR count). The van der Waals surface area contributed by atoms with E-state index < -0.39 is 0 Å². The molecule has 0 N–H and O–H groups in total. The van der Waals surface area contributed by atoms with Gasteiger partial charge in [-0.05, 0) is 41.5 Å². The van der Waals surface area contributed by atoms with E-state index in [4.69, 9.17) is 0 Å². The molecule has 1 aliphatic heterocycles. The molecule has 2 aromatic heterocycles. The number of carbonyl (C=O) groups is 1. The van der Waals surface area contributed by atoms with E-state index in [1.54, 1.807) is 9.36 Å². The van der Waals surface area contributed by atoms with Crippen molar-refractivity contribution in [3.63, 3.8) is 0 Å². The predicted octanol–water partition coefficient (Wildman–Crippen LogP) is 2.57. The van der Waals surface area contributed by atoms with E-state index in [-0.39, 0.29) is 11.8 Å². The normalized spacial score (nSPS) is 17.0. The Morgan fingerprint density at radius 2 is 1.86 bits per heavy atom. The first-order chi connectivity index (χ1) is 14.2. The molecule has 1 saturated heterocycles. The summed E-state index contributed by atoms with van der Waals surface area (Å²) in [7, 11) is 1.87. The minimum Gasteiger partial charge on any atom is -0.337 e. The average molecular weight is 387 g/mol. The van der Waals surface area contributed by atoms with Gasteiger partial charge in [0.2, 0.25) is 0 Å². The highest BCUT2D eigenvalue weighted by atomic mass is 16.2. The van der Waals surface area contributed by atoms with Crippen LogP contribution in [0.2, 0.25) is 0 Å². The highest BCUT2D eigenvalue weighted by molar-refractivity contribution is 6.04. The summed E-state index contributed by atoms with van der Waals surface area (Å²) in [4.78, 5) is 15.2. The molecule has 0 radical (unpaired) electrons. The number of hydrogen-bond donors (Lipinski definition) is 0. The molecule has 1 amide bonds. The molecule has 1 atom stereocenters. The van der Waals surface area contributed by atoms with Gasteiger partial charge in [0.05, 0.1) is 11.2 Å². The fourth-order valence-electron chi connectivity index (χ4n) is 4.10. The van der Waals surface area contributed by atoms with E-state index in [0.29, 0.717) is 18.8 Å². The first-order valence-electron chi connectivity index (χ1n) is 9.77. The molecule has 0 aliphatic carbocycles. The Balaban J connectivity index is 1.43. The minimum atomic E-state index is -0.0368. The van der Waals surface area contributed by atoms with Gasteiger partial charge in [-0.2, -0.15) is 9.78 Å². The van der Waals surface area contributed by atoms with Gasteiger partial charge in [0.1, 0.15) is 0 Å². The van der Waals surface area contributed by atoms with Crippen LogP contribution in [-0.2, 0) is 7.05 Å². The van der Waals surface area contributed by atoms with Crippen LogP contribution < -0.4 is 0 Å². The van der Waals surface area contributed by atoms with Gasteiger partial charge in [-0.1, -0.05) is 36.4 Å². The van der Waals surface area contributed by atoms with Gasteiger partial charge in [-0.3, -0.25) is 9.48 Å².